The van der Waals surface area contributed by atoms with E-state index in [1.165, 1.54) is 5.56 Å². The maximum Gasteiger partial charge on any atom is 0.303 e. The summed E-state index contributed by atoms with van der Waals surface area (Å²) >= 11 is 6.03. The van der Waals surface area contributed by atoms with Crippen LogP contribution in [-0.2, 0) is 11.2 Å². The number of hydrogen-bond donors (Lipinski definition) is 2. The van der Waals surface area contributed by atoms with Crippen molar-refractivity contribution in [3.05, 3.63) is 28.3 Å². The Labute approximate surface area is 99.4 Å². The number of nitrogens with one attached hydrogen (secondary N) is 1. The van der Waals surface area contributed by atoms with Gasteiger partial charge in [-0.2, -0.15) is 0 Å². The summed E-state index contributed by atoms with van der Waals surface area (Å²) in [5.74, 6) is -0.743. The molecule has 0 saturated heterocycles. The molecule has 1 aromatic rings. The van der Waals surface area contributed by atoms with E-state index in [1.807, 2.05) is 19.1 Å². The lowest BCUT2D eigenvalue weighted by molar-refractivity contribution is -0.137. The van der Waals surface area contributed by atoms with Crippen LogP contribution in [0, 0.1) is 6.92 Å². The molecule has 0 aliphatic carbocycles. The van der Waals surface area contributed by atoms with Crippen LogP contribution in [0.1, 0.15) is 24.0 Å². The number of aliphatic carboxylic acids is 1. The van der Waals surface area contributed by atoms with Crippen molar-refractivity contribution in [2.75, 3.05) is 5.32 Å². The molecule has 1 aliphatic rings. The molecule has 1 aliphatic heterocycles. The van der Waals surface area contributed by atoms with E-state index in [1.54, 1.807) is 0 Å². The molecule has 0 saturated carbocycles. The molecule has 0 radical (unpaired) electrons. The number of carboxylic acid groups (broad SMARTS) is 1. The molecular weight excluding hydrogens is 226 g/mol. The first-order valence-electron chi connectivity index (χ1n) is 5.34. The van der Waals surface area contributed by atoms with Crippen LogP contribution in [-0.4, -0.2) is 17.1 Å². The van der Waals surface area contributed by atoms with E-state index in [4.69, 9.17) is 16.7 Å². The van der Waals surface area contributed by atoms with Gasteiger partial charge in [0.1, 0.15) is 0 Å². The van der Waals surface area contributed by atoms with Gasteiger partial charge in [-0.05, 0) is 37.0 Å². The highest BCUT2D eigenvalue weighted by atomic mass is 35.5. The van der Waals surface area contributed by atoms with Crippen molar-refractivity contribution in [1.82, 2.24) is 0 Å². The number of hydrogen-bond acceptors (Lipinski definition) is 2. The van der Waals surface area contributed by atoms with Crippen LogP contribution in [0.5, 0.6) is 0 Å². The third-order valence-electron chi connectivity index (χ3n) is 3.01. The highest BCUT2D eigenvalue weighted by molar-refractivity contribution is 6.31. The fraction of sp³-hybridized carbons (Fsp3) is 0.417. The fourth-order valence-electron chi connectivity index (χ4n) is 2.11. The Hall–Kier alpha value is -1.22. The molecule has 86 valence electrons. The lowest BCUT2D eigenvalue weighted by atomic mass is 10.0. The topological polar surface area (TPSA) is 49.3 Å². The van der Waals surface area contributed by atoms with E-state index in [0.717, 1.165) is 22.7 Å². The molecule has 1 heterocycles. The monoisotopic (exact) mass is 239 g/mol. The van der Waals surface area contributed by atoms with Crippen LogP contribution in [0.3, 0.4) is 0 Å². The minimum Gasteiger partial charge on any atom is -0.481 e. The number of anilines is 1. The minimum absolute atomic E-state index is 0.207. The summed E-state index contributed by atoms with van der Waals surface area (Å²) < 4.78 is 0. The van der Waals surface area contributed by atoms with Crippen LogP contribution in [0.25, 0.3) is 0 Å². The zero-order valence-corrected chi connectivity index (χ0v) is 9.84. The highest BCUT2D eigenvalue weighted by Gasteiger charge is 2.23. The van der Waals surface area contributed by atoms with Crippen molar-refractivity contribution in [2.45, 2.75) is 32.2 Å². The largest absolute Gasteiger partial charge is 0.481 e. The van der Waals surface area contributed by atoms with Gasteiger partial charge < -0.3 is 10.4 Å². The number of benzene rings is 1. The van der Waals surface area contributed by atoms with Crippen LogP contribution in [0.2, 0.25) is 5.02 Å². The van der Waals surface area contributed by atoms with Crippen LogP contribution < -0.4 is 5.32 Å². The normalized spacial score (nSPS) is 18.0. The highest BCUT2D eigenvalue weighted by Crippen LogP contribution is 2.34. The van der Waals surface area contributed by atoms with Crippen LogP contribution in [0.4, 0.5) is 5.69 Å². The minimum atomic E-state index is -0.743. The summed E-state index contributed by atoms with van der Waals surface area (Å²) in [4.78, 5) is 10.5. The molecule has 0 fully saturated rings. The summed E-state index contributed by atoms with van der Waals surface area (Å²) in [5, 5.41) is 12.7. The second kappa shape index (κ2) is 4.34. The Bertz CT molecular complexity index is 431. The average Bonchev–Trinajstić information content (AvgIpc) is 2.64. The lowest BCUT2D eigenvalue weighted by Gasteiger charge is -2.10. The number of rotatable bonds is 3. The molecule has 2 rings (SSSR count). The van der Waals surface area contributed by atoms with Gasteiger partial charge in [0.25, 0.3) is 0 Å². The van der Waals surface area contributed by atoms with Gasteiger partial charge in [-0.25, -0.2) is 0 Å². The van der Waals surface area contributed by atoms with E-state index in [9.17, 15) is 4.79 Å². The van der Waals surface area contributed by atoms with Gasteiger partial charge in [-0.1, -0.05) is 17.7 Å². The lowest BCUT2D eigenvalue weighted by Crippen LogP contribution is -2.16. The molecule has 16 heavy (non-hydrogen) atoms. The van der Waals surface area contributed by atoms with Gasteiger partial charge in [-0.3, -0.25) is 4.79 Å². The standard InChI is InChI=1S/C12H14ClNO2/c1-7-10(13)4-2-8-6-9(14-12(7)8)3-5-11(15)16/h2,4,9,14H,3,5-6H2,1H3,(H,15,16). The summed E-state index contributed by atoms with van der Waals surface area (Å²) in [6, 6.07) is 4.14. The Morgan fingerprint density at radius 3 is 3.06 bits per heavy atom. The number of halogens is 1. The average molecular weight is 240 g/mol. The fourth-order valence-corrected chi connectivity index (χ4v) is 2.26. The molecule has 1 unspecified atom stereocenters. The zero-order valence-electron chi connectivity index (χ0n) is 9.09. The van der Waals surface area contributed by atoms with Gasteiger partial charge in [0.05, 0.1) is 0 Å². The molecule has 0 spiro atoms. The molecule has 0 bridgehead atoms. The van der Waals surface area contributed by atoms with Crippen molar-refractivity contribution in [3.63, 3.8) is 0 Å². The molecule has 3 nitrogen and oxygen atoms in total. The third kappa shape index (κ3) is 2.14. The van der Waals surface area contributed by atoms with E-state index in [2.05, 4.69) is 5.32 Å². The van der Waals surface area contributed by atoms with Crippen molar-refractivity contribution < 1.29 is 9.90 Å². The van der Waals surface area contributed by atoms with Gasteiger partial charge in [0, 0.05) is 23.2 Å². The van der Waals surface area contributed by atoms with Crippen molar-refractivity contribution in [1.29, 1.82) is 0 Å². The summed E-state index contributed by atoms with van der Waals surface area (Å²) in [6.07, 6.45) is 1.75. The molecule has 0 aromatic heterocycles. The Morgan fingerprint density at radius 2 is 2.38 bits per heavy atom. The molecule has 4 heteroatoms. The van der Waals surface area contributed by atoms with Gasteiger partial charge in [0.15, 0.2) is 0 Å². The van der Waals surface area contributed by atoms with Gasteiger partial charge >= 0.3 is 5.97 Å². The van der Waals surface area contributed by atoms with Crippen LogP contribution >= 0.6 is 11.6 Å². The molecule has 2 N–H and O–H groups in total. The van der Waals surface area contributed by atoms with Crippen LogP contribution in [0.15, 0.2) is 12.1 Å². The first kappa shape index (κ1) is 11.3. The summed E-state index contributed by atoms with van der Waals surface area (Å²) in [7, 11) is 0. The SMILES string of the molecule is Cc1c(Cl)ccc2c1NC(CCC(=O)O)C2. The van der Waals surface area contributed by atoms with Crippen molar-refractivity contribution >= 4 is 23.3 Å². The van der Waals surface area contributed by atoms with E-state index in [-0.39, 0.29) is 12.5 Å². The van der Waals surface area contributed by atoms with E-state index >= 15 is 0 Å². The smallest absolute Gasteiger partial charge is 0.303 e. The second-order valence-corrected chi connectivity index (χ2v) is 4.59. The second-order valence-electron chi connectivity index (χ2n) is 4.18. The van der Waals surface area contributed by atoms with Gasteiger partial charge in [-0.15, -0.1) is 0 Å². The predicted molar refractivity (Wildman–Crippen MR) is 64.2 cm³/mol. The molecule has 1 aromatic carbocycles. The predicted octanol–water partition coefficient (Wildman–Crippen LogP) is 2.85. The summed E-state index contributed by atoms with van der Waals surface area (Å²) in [6.45, 7) is 1.98. The van der Waals surface area contributed by atoms with Gasteiger partial charge in [0.2, 0.25) is 0 Å². The Morgan fingerprint density at radius 1 is 1.62 bits per heavy atom. The zero-order chi connectivity index (χ0) is 11.7. The van der Waals surface area contributed by atoms with E-state index in [0.29, 0.717) is 6.42 Å². The quantitative estimate of drug-likeness (QED) is 0.853. The first-order valence-corrected chi connectivity index (χ1v) is 5.72. The first-order chi connectivity index (χ1) is 7.58. The van der Waals surface area contributed by atoms with Crippen molar-refractivity contribution in [3.8, 4) is 0 Å². The number of carbonyl (C=O) groups is 1. The Kier molecular flexibility index (Phi) is 3.06. The third-order valence-corrected chi connectivity index (χ3v) is 3.42. The maximum atomic E-state index is 10.5. The number of carboxylic acids is 1. The molecule has 1 atom stereocenters. The van der Waals surface area contributed by atoms with Crippen molar-refractivity contribution in [2.24, 2.45) is 0 Å². The molecule has 0 amide bonds. The molecular formula is C12H14ClNO2. The number of fused-ring (bicyclic) bond motifs is 1. The summed E-state index contributed by atoms with van der Waals surface area (Å²) in [5.41, 5.74) is 3.37. The Balaban J connectivity index is 2.09. The maximum absolute atomic E-state index is 10.5. The van der Waals surface area contributed by atoms with E-state index < -0.39 is 5.97 Å².